The van der Waals surface area contributed by atoms with Gasteiger partial charge in [-0.25, -0.2) is 0 Å². The highest BCUT2D eigenvalue weighted by Crippen LogP contribution is 2.29. The molecule has 0 aliphatic rings. The van der Waals surface area contributed by atoms with Crippen molar-refractivity contribution in [2.75, 3.05) is 5.75 Å². The summed E-state index contributed by atoms with van der Waals surface area (Å²) in [5.74, 6) is -0.495. The number of alkyl halides is 3. The molecule has 2 amide bonds. The van der Waals surface area contributed by atoms with E-state index < -0.39 is 23.6 Å². The van der Waals surface area contributed by atoms with Crippen molar-refractivity contribution in [2.24, 2.45) is 7.05 Å². The first kappa shape index (κ1) is 21.8. The average Bonchev–Trinajstić information content (AvgIpc) is 3.35. The third-order valence-corrected chi connectivity index (χ3v) is 5.74. The summed E-state index contributed by atoms with van der Waals surface area (Å²) in [6, 6.07) is 5.67. The molecule has 0 aliphatic heterocycles. The van der Waals surface area contributed by atoms with Gasteiger partial charge in [-0.3, -0.25) is 20.4 Å². The molecule has 0 spiro atoms. The van der Waals surface area contributed by atoms with Crippen LogP contribution in [0.5, 0.6) is 0 Å². The fourth-order valence-corrected chi connectivity index (χ4v) is 3.77. The Kier molecular flexibility index (Phi) is 6.77. The van der Waals surface area contributed by atoms with E-state index in [1.54, 1.807) is 23.0 Å². The third kappa shape index (κ3) is 5.60. The number of amides is 2. The van der Waals surface area contributed by atoms with Gasteiger partial charge in [-0.15, -0.1) is 10.2 Å². The molecule has 2 heterocycles. The lowest BCUT2D eigenvalue weighted by atomic mass is 10.1. The molecule has 0 radical (unpaired) electrons. The van der Waals surface area contributed by atoms with Gasteiger partial charge in [0.2, 0.25) is 5.91 Å². The van der Waals surface area contributed by atoms with Crippen molar-refractivity contribution in [1.82, 2.24) is 25.6 Å². The maximum Gasteiger partial charge on any atom is 0.416 e. The van der Waals surface area contributed by atoms with Gasteiger partial charge in [-0.1, -0.05) is 11.8 Å². The van der Waals surface area contributed by atoms with Crippen LogP contribution in [-0.4, -0.2) is 32.3 Å². The summed E-state index contributed by atoms with van der Waals surface area (Å²) in [6.45, 7) is 0. The molecule has 3 rings (SSSR count). The van der Waals surface area contributed by atoms with Crippen LogP contribution in [0.15, 0.2) is 46.2 Å². The lowest BCUT2D eigenvalue weighted by Crippen LogP contribution is -2.42. The second-order valence-corrected chi connectivity index (χ2v) is 7.85. The molecule has 3 aromatic rings. The molecule has 1 aromatic carbocycles. The fourth-order valence-electron chi connectivity index (χ4n) is 2.38. The van der Waals surface area contributed by atoms with Crippen LogP contribution in [0, 0.1) is 0 Å². The van der Waals surface area contributed by atoms with Gasteiger partial charge in [0.15, 0.2) is 5.16 Å². The number of thiophene rings is 1. The quantitative estimate of drug-likeness (QED) is 0.441. The molecule has 0 fully saturated rings. The highest BCUT2D eigenvalue weighted by Gasteiger charge is 2.30. The SMILES string of the molecule is Cn1c(Cc2ccsc2)nnc1SCC(=O)NNC(=O)c1ccc(C(F)(F)F)cc1. The molecule has 0 aliphatic carbocycles. The second kappa shape index (κ2) is 9.30. The van der Waals surface area contributed by atoms with Crippen molar-refractivity contribution in [3.8, 4) is 0 Å². The molecule has 0 bridgehead atoms. The lowest BCUT2D eigenvalue weighted by molar-refractivity contribution is -0.137. The Hall–Kier alpha value is -2.86. The summed E-state index contributed by atoms with van der Waals surface area (Å²) in [5.41, 5.74) is 4.64. The van der Waals surface area contributed by atoms with E-state index >= 15 is 0 Å². The van der Waals surface area contributed by atoms with E-state index in [2.05, 4.69) is 21.0 Å². The van der Waals surface area contributed by atoms with Gasteiger partial charge in [0.1, 0.15) is 5.82 Å². The largest absolute Gasteiger partial charge is 0.416 e. The van der Waals surface area contributed by atoms with Gasteiger partial charge in [0.05, 0.1) is 11.3 Å². The molecule has 30 heavy (non-hydrogen) atoms. The van der Waals surface area contributed by atoms with Crippen LogP contribution in [0.2, 0.25) is 0 Å². The van der Waals surface area contributed by atoms with Crippen molar-refractivity contribution >= 4 is 34.9 Å². The van der Waals surface area contributed by atoms with Crippen LogP contribution >= 0.6 is 23.1 Å². The van der Waals surface area contributed by atoms with Gasteiger partial charge in [-0.05, 0) is 46.7 Å². The van der Waals surface area contributed by atoms with E-state index in [1.165, 1.54) is 0 Å². The minimum absolute atomic E-state index is 0.0117. The van der Waals surface area contributed by atoms with Crippen molar-refractivity contribution in [2.45, 2.75) is 17.8 Å². The first-order valence-electron chi connectivity index (χ1n) is 8.52. The molecule has 7 nitrogen and oxygen atoms in total. The summed E-state index contributed by atoms with van der Waals surface area (Å²) >= 11 is 2.74. The highest BCUT2D eigenvalue weighted by molar-refractivity contribution is 7.99. The molecule has 0 unspecified atom stereocenters. The summed E-state index contributed by atoms with van der Waals surface area (Å²) < 4.78 is 39.4. The monoisotopic (exact) mass is 455 g/mol. The van der Waals surface area contributed by atoms with E-state index in [9.17, 15) is 22.8 Å². The number of carbonyl (C=O) groups is 2. The first-order chi connectivity index (χ1) is 14.2. The van der Waals surface area contributed by atoms with Gasteiger partial charge < -0.3 is 4.57 Å². The summed E-state index contributed by atoms with van der Waals surface area (Å²) in [6.07, 6.45) is -3.85. The smallest absolute Gasteiger partial charge is 0.309 e. The Labute approximate surface area is 177 Å². The lowest BCUT2D eigenvalue weighted by Gasteiger charge is -2.09. The van der Waals surface area contributed by atoms with Crippen LogP contribution in [0.4, 0.5) is 13.2 Å². The van der Waals surface area contributed by atoms with E-state index in [4.69, 9.17) is 0 Å². The highest BCUT2D eigenvalue weighted by atomic mass is 32.2. The van der Waals surface area contributed by atoms with E-state index in [1.807, 2.05) is 16.8 Å². The number of benzene rings is 1. The van der Waals surface area contributed by atoms with Gasteiger partial charge in [0.25, 0.3) is 5.91 Å². The molecule has 0 atom stereocenters. The second-order valence-electron chi connectivity index (χ2n) is 6.13. The molecule has 2 aromatic heterocycles. The normalized spacial score (nSPS) is 11.3. The molecule has 12 heteroatoms. The van der Waals surface area contributed by atoms with Gasteiger partial charge in [0, 0.05) is 19.0 Å². The van der Waals surface area contributed by atoms with Crippen LogP contribution < -0.4 is 10.9 Å². The van der Waals surface area contributed by atoms with E-state index in [-0.39, 0.29) is 11.3 Å². The summed E-state index contributed by atoms with van der Waals surface area (Å²) in [7, 11) is 1.80. The van der Waals surface area contributed by atoms with Crippen LogP contribution in [0.25, 0.3) is 0 Å². The number of hydrazine groups is 1. The van der Waals surface area contributed by atoms with Crippen molar-refractivity contribution in [3.63, 3.8) is 0 Å². The zero-order chi connectivity index (χ0) is 21.7. The Morgan fingerprint density at radius 3 is 2.50 bits per heavy atom. The molecule has 158 valence electrons. The number of carbonyl (C=O) groups excluding carboxylic acids is 2. The number of rotatable bonds is 6. The Balaban J connectivity index is 1.47. The van der Waals surface area contributed by atoms with Gasteiger partial charge >= 0.3 is 6.18 Å². The summed E-state index contributed by atoms with van der Waals surface area (Å²) in [4.78, 5) is 23.9. The summed E-state index contributed by atoms with van der Waals surface area (Å²) in [5, 5.41) is 12.7. The zero-order valence-corrected chi connectivity index (χ0v) is 17.2. The molecular weight excluding hydrogens is 439 g/mol. The predicted molar refractivity (Wildman–Crippen MR) is 106 cm³/mol. The number of nitrogens with zero attached hydrogens (tertiary/aromatic N) is 3. The maximum atomic E-state index is 12.6. The minimum atomic E-state index is -4.48. The Bertz CT molecular complexity index is 1020. The number of hydrogen-bond donors (Lipinski definition) is 2. The van der Waals surface area contributed by atoms with Gasteiger partial charge in [-0.2, -0.15) is 24.5 Å². The number of hydrogen-bond acceptors (Lipinski definition) is 6. The minimum Gasteiger partial charge on any atom is -0.309 e. The molecule has 2 N–H and O–H groups in total. The van der Waals surface area contributed by atoms with Crippen molar-refractivity contribution in [1.29, 1.82) is 0 Å². The van der Waals surface area contributed by atoms with Crippen LogP contribution in [0.3, 0.4) is 0 Å². The maximum absolute atomic E-state index is 12.6. The molecule has 0 saturated carbocycles. The average molecular weight is 455 g/mol. The zero-order valence-electron chi connectivity index (χ0n) is 15.6. The van der Waals surface area contributed by atoms with E-state index in [0.29, 0.717) is 11.6 Å². The number of aromatic nitrogens is 3. The standard InChI is InChI=1S/C18H16F3N5O2S2/c1-26-14(8-11-6-7-29-9-11)22-25-17(26)30-10-15(27)23-24-16(28)12-2-4-13(5-3-12)18(19,20)21/h2-7,9H,8,10H2,1H3,(H,23,27)(H,24,28). The van der Waals surface area contributed by atoms with Crippen molar-refractivity contribution in [3.05, 3.63) is 63.6 Å². The number of nitrogens with one attached hydrogen (secondary N) is 2. The topological polar surface area (TPSA) is 88.9 Å². The predicted octanol–water partition coefficient (Wildman–Crippen LogP) is 3.04. The van der Waals surface area contributed by atoms with E-state index in [0.717, 1.165) is 47.4 Å². The molecular formula is C18H16F3N5O2S2. The van der Waals surface area contributed by atoms with Crippen molar-refractivity contribution < 1.29 is 22.8 Å². The first-order valence-corrected chi connectivity index (χ1v) is 10.5. The Morgan fingerprint density at radius 1 is 1.13 bits per heavy atom. The third-order valence-electron chi connectivity index (χ3n) is 3.99. The number of halogens is 3. The van der Waals surface area contributed by atoms with Crippen LogP contribution in [-0.2, 0) is 24.4 Å². The Morgan fingerprint density at radius 2 is 1.87 bits per heavy atom. The van der Waals surface area contributed by atoms with Crippen LogP contribution in [0.1, 0.15) is 27.3 Å². The fraction of sp³-hybridized carbons (Fsp3) is 0.222. The number of thioether (sulfide) groups is 1. The molecule has 0 saturated heterocycles.